The number of nitrogens with one attached hydrogen (secondary N) is 1. The molecule has 0 bridgehead atoms. The second-order valence-electron chi connectivity index (χ2n) is 7.29. The van der Waals surface area contributed by atoms with Gasteiger partial charge < -0.3 is 10.2 Å². The van der Waals surface area contributed by atoms with E-state index in [0.29, 0.717) is 10.8 Å². The molecular weight excluding hydrogens is 418 g/mol. The lowest BCUT2D eigenvalue weighted by atomic mass is 10.1. The second-order valence-corrected chi connectivity index (χ2v) is 9.12. The first-order valence-electron chi connectivity index (χ1n) is 10.0. The summed E-state index contributed by atoms with van der Waals surface area (Å²) in [6, 6.07) is 14.1. The number of hydrogen-bond donors (Lipinski definition) is 1. The van der Waals surface area contributed by atoms with Gasteiger partial charge in [-0.05, 0) is 31.0 Å². The van der Waals surface area contributed by atoms with Crippen LogP contribution in [0.25, 0.3) is 0 Å². The predicted molar refractivity (Wildman–Crippen MR) is 114 cm³/mol. The Morgan fingerprint density at radius 1 is 1.06 bits per heavy atom. The van der Waals surface area contributed by atoms with Gasteiger partial charge in [0.25, 0.3) is 15.9 Å². The van der Waals surface area contributed by atoms with Gasteiger partial charge in [0.05, 0.1) is 5.56 Å². The summed E-state index contributed by atoms with van der Waals surface area (Å²) >= 11 is 0. The van der Waals surface area contributed by atoms with E-state index in [0.717, 1.165) is 12.0 Å². The number of carbonyl (C=O) groups excluding carboxylic acids is 3. The first-order chi connectivity index (χ1) is 14.8. The van der Waals surface area contributed by atoms with Gasteiger partial charge in [-0.1, -0.05) is 49.4 Å². The van der Waals surface area contributed by atoms with Crippen LogP contribution >= 0.6 is 0 Å². The molecule has 164 valence electrons. The number of amides is 3. The molecule has 1 N–H and O–H groups in total. The Morgan fingerprint density at radius 3 is 2.35 bits per heavy atom. The Kier molecular flexibility index (Phi) is 6.74. The number of fused-ring (bicyclic) bond motifs is 1. The molecule has 0 aromatic heterocycles. The number of hydrogen-bond acceptors (Lipinski definition) is 5. The van der Waals surface area contributed by atoms with Crippen LogP contribution in [0.1, 0.15) is 36.2 Å². The molecule has 3 rings (SSSR count). The van der Waals surface area contributed by atoms with Gasteiger partial charge in [0.15, 0.2) is 0 Å². The highest BCUT2D eigenvalue weighted by atomic mass is 32.2. The monoisotopic (exact) mass is 443 g/mol. The summed E-state index contributed by atoms with van der Waals surface area (Å²) in [5.74, 6) is -1.72. The first kappa shape index (κ1) is 22.5. The maximum Gasteiger partial charge on any atom is 0.269 e. The second kappa shape index (κ2) is 9.30. The summed E-state index contributed by atoms with van der Waals surface area (Å²) in [6.07, 6.45) is 0.740. The minimum Gasteiger partial charge on any atom is -0.354 e. The van der Waals surface area contributed by atoms with Gasteiger partial charge in [0.1, 0.15) is 17.5 Å². The van der Waals surface area contributed by atoms with Crippen LogP contribution in [0.5, 0.6) is 0 Å². The largest absolute Gasteiger partial charge is 0.354 e. The number of carbonyl (C=O) groups is 3. The molecule has 2 aromatic rings. The third kappa shape index (κ3) is 4.61. The molecule has 0 spiro atoms. The molecule has 1 aliphatic rings. The van der Waals surface area contributed by atoms with E-state index in [9.17, 15) is 22.8 Å². The van der Waals surface area contributed by atoms with Gasteiger partial charge in [-0.15, -0.1) is 0 Å². The third-order valence-corrected chi connectivity index (χ3v) is 6.89. The smallest absolute Gasteiger partial charge is 0.269 e. The molecule has 0 fully saturated rings. The summed E-state index contributed by atoms with van der Waals surface area (Å²) in [4.78, 5) is 39.6. The van der Waals surface area contributed by atoms with Crippen LogP contribution in [0.15, 0.2) is 59.5 Å². The maximum absolute atomic E-state index is 13.2. The molecule has 3 amide bonds. The fraction of sp³-hybridized carbons (Fsp3) is 0.318. The van der Waals surface area contributed by atoms with Crippen LogP contribution in [-0.4, -0.2) is 54.5 Å². The number of rotatable bonds is 8. The van der Waals surface area contributed by atoms with Crippen LogP contribution in [0.2, 0.25) is 0 Å². The highest BCUT2D eigenvalue weighted by Gasteiger charge is 2.43. The molecule has 1 aliphatic heterocycles. The lowest BCUT2D eigenvalue weighted by molar-refractivity contribution is -0.140. The van der Waals surface area contributed by atoms with Crippen LogP contribution < -0.4 is 5.32 Å². The molecule has 1 heterocycles. The summed E-state index contributed by atoms with van der Waals surface area (Å²) in [5, 5.41) is 2.75. The number of benzene rings is 2. The topological polar surface area (TPSA) is 104 Å². The standard InChI is InChI=1S/C22H25N3O5S/c1-3-13-23-21(27)16(2)24(14-17-9-5-4-6-10-17)20(26)15-25-22(28)18-11-7-8-12-19(18)31(25,29)30/h4-12,16H,3,13-15H2,1-2H3,(H,23,27)/t16-/m0/s1. The molecule has 0 saturated carbocycles. The van der Waals surface area contributed by atoms with Gasteiger partial charge >= 0.3 is 0 Å². The van der Waals surface area contributed by atoms with Crippen LogP contribution in [0, 0.1) is 0 Å². The van der Waals surface area contributed by atoms with E-state index in [-0.39, 0.29) is 22.9 Å². The molecule has 1 atom stereocenters. The van der Waals surface area contributed by atoms with E-state index in [1.54, 1.807) is 13.0 Å². The number of sulfonamides is 1. The highest BCUT2D eigenvalue weighted by Crippen LogP contribution is 2.30. The van der Waals surface area contributed by atoms with Gasteiger partial charge in [-0.25, -0.2) is 12.7 Å². The van der Waals surface area contributed by atoms with Crippen molar-refractivity contribution in [3.8, 4) is 0 Å². The van der Waals surface area contributed by atoms with Crippen molar-refractivity contribution in [2.45, 2.75) is 37.8 Å². The van der Waals surface area contributed by atoms with Crippen molar-refractivity contribution < 1.29 is 22.8 Å². The summed E-state index contributed by atoms with van der Waals surface area (Å²) < 4.78 is 26.2. The SMILES string of the molecule is CCCNC(=O)[C@H](C)N(Cc1ccccc1)C(=O)CN1C(=O)c2ccccc2S1(=O)=O. The van der Waals surface area contributed by atoms with Crippen LogP contribution in [0.4, 0.5) is 0 Å². The normalized spacial score (nSPS) is 15.3. The van der Waals surface area contributed by atoms with Crippen molar-refractivity contribution in [2.75, 3.05) is 13.1 Å². The Labute approximate surface area is 181 Å². The molecular formula is C22H25N3O5S. The Balaban J connectivity index is 1.86. The third-order valence-electron chi connectivity index (χ3n) is 5.10. The lowest BCUT2D eigenvalue weighted by Crippen LogP contribution is -2.51. The molecule has 0 radical (unpaired) electrons. The van der Waals surface area contributed by atoms with Gasteiger partial charge in [0.2, 0.25) is 11.8 Å². The highest BCUT2D eigenvalue weighted by molar-refractivity contribution is 7.90. The minimum absolute atomic E-state index is 0.0404. The molecule has 0 unspecified atom stereocenters. The fourth-order valence-electron chi connectivity index (χ4n) is 3.36. The molecule has 31 heavy (non-hydrogen) atoms. The fourth-order valence-corrected chi connectivity index (χ4v) is 4.88. The van der Waals surface area contributed by atoms with E-state index in [1.807, 2.05) is 37.3 Å². The summed E-state index contributed by atoms with van der Waals surface area (Å²) in [5.41, 5.74) is 0.823. The van der Waals surface area contributed by atoms with E-state index < -0.39 is 34.4 Å². The van der Waals surface area contributed by atoms with E-state index in [1.165, 1.54) is 23.1 Å². The average Bonchev–Trinajstić information content (AvgIpc) is 2.96. The Morgan fingerprint density at radius 2 is 1.71 bits per heavy atom. The maximum atomic E-state index is 13.2. The Bertz CT molecular complexity index is 1090. The first-order valence-corrected chi connectivity index (χ1v) is 11.5. The molecule has 0 aliphatic carbocycles. The van der Waals surface area contributed by atoms with Crippen molar-refractivity contribution in [2.24, 2.45) is 0 Å². The van der Waals surface area contributed by atoms with Gasteiger partial charge in [-0.3, -0.25) is 14.4 Å². The summed E-state index contributed by atoms with van der Waals surface area (Å²) in [7, 11) is -4.12. The summed E-state index contributed by atoms with van der Waals surface area (Å²) in [6.45, 7) is 3.40. The zero-order valence-corrected chi connectivity index (χ0v) is 18.3. The molecule has 8 nitrogen and oxygen atoms in total. The quantitative estimate of drug-likeness (QED) is 0.670. The average molecular weight is 444 g/mol. The van der Waals surface area contributed by atoms with E-state index >= 15 is 0 Å². The van der Waals surface area contributed by atoms with Gasteiger partial charge in [-0.2, -0.15) is 0 Å². The van der Waals surface area contributed by atoms with Gasteiger partial charge in [0, 0.05) is 13.1 Å². The van der Waals surface area contributed by atoms with Crippen molar-refractivity contribution in [1.29, 1.82) is 0 Å². The predicted octanol–water partition coefficient (Wildman–Crippen LogP) is 1.77. The minimum atomic E-state index is -4.12. The van der Waals surface area contributed by atoms with Crippen molar-refractivity contribution >= 4 is 27.7 Å². The molecule has 0 saturated heterocycles. The molecule has 9 heteroatoms. The zero-order valence-electron chi connectivity index (χ0n) is 17.4. The lowest BCUT2D eigenvalue weighted by Gasteiger charge is -2.30. The van der Waals surface area contributed by atoms with E-state index in [2.05, 4.69) is 5.32 Å². The van der Waals surface area contributed by atoms with Crippen molar-refractivity contribution in [3.05, 3.63) is 65.7 Å². The molecule has 2 aromatic carbocycles. The zero-order chi connectivity index (χ0) is 22.6. The van der Waals surface area contributed by atoms with Crippen LogP contribution in [-0.2, 0) is 26.2 Å². The van der Waals surface area contributed by atoms with Crippen molar-refractivity contribution in [1.82, 2.24) is 14.5 Å². The van der Waals surface area contributed by atoms with E-state index in [4.69, 9.17) is 0 Å². The van der Waals surface area contributed by atoms with Crippen LogP contribution in [0.3, 0.4) is 0 Å². The Hall–Kier alpha value is -3.20. The van der Waals surface area contributed by atoms with Crippen molar-refractivity contribution in [3.63, 3.8) is 0 Å². The number of nitrogens with zero attached hydrogens (tertiary/aromatic N) is 2.